The lowest BCUT2D eigenvalue weighted by molar-refractivity contribution is 0.475. The first kappa shape index (κ1) is 19.4. The molecule has 6 nitrogen and oxygen atoms in total. The number of anilines is 2. The van der Waals surface area contributed by atoms with E-state index in [0.29, 0.717) is 11.6 Å². The molecule has 0 bridgehead atoms. The van der Waals surface area contributed by atoms with E-state index < -0.39 is 0 Å². The smallest absolute Gasteiger partial charge is 0.162 e. The summed E-state index contributed by atoms with van der Waals surface area (Å²) in [6, 6.07) is 20.9. The van der Waals surface area contributed by atoms with Gasteiger partial charge in [0.1, 0.15) is 11.6 Å². The van der Waals surface area contributed by atoms with Gasteiger partial charge in [-0.15, -0.1) is 0 Å². The molecule has 0 aliphatic heterocycles. The fourth-order valence-corrected chi connectivity index (χ4v) is 3.32. The molecule has 0 spiro atoms. The molecule has 0 aliphatic rings. The van der Waals surface area contributed by atoms with Crippen LogP contribution in [0.2, 0.25) is 0 Å². The molecule has 0 aliphatic carbocycles. The summed E-state index contributed by atoms with van der Waals surface area (Å²) in [5, 5.41) is 19.5. The van der Waals surface area contributed by atoms with E-state index in [1.807, 2.05) is 80.3 Å². The van der Waals surface area contributed by atoms with Crippen LogP contribution >= 0.6 is 0 Å². The second-order valence-electron chi connectivity index (χ2n) is 6.63. The van der Waals surface area contributed by atoms with Crippen LogP contribution in [0.1, 0.15) is 13.8 Å². The minimum Gasteiger partial charge on any atom is -0.508 e. The number of benzene rings is 3. The van der Waals surface area contributed by atoms with Gasteiger partial charge in [-0.3, -0.25) is 4.68 Å². The molecule has 0 radical (unpaired) electrons. The van der Waals surface area contributed by atoms with Gasteiger partial charge >= 0.3 is 0 Å². The number of aryl methyl sites for hydroxylation is 1. The summed E-state index contributed by atoms with van der Waals surface area (Å²) >= 11 is 0. The predicted molar refractivity (Wildman–Crippen MR) is 122 cm³/mol. The van der Waals surface area contributed by atoms with Gasteiger partial charge in [0.15, 0.2) is 5.82 Å². The van der Waals surface area contributed by atoms with Crippen LogP contribution in [0.5, 0.6) is 5.75 Å². The Morgan fingerprint density at radius 2 is 1.73 bits per heavy atom. The highest BCUT2D eigenvalue weighted by Gasteiger charge is 2.11. The maximum atomic E-state index is 9.82. The van der Waals surface area contributed by atoms with Gasteiger partial charge < -0.3 is 10.4 Å². The first-order chi connectivity index (χ1) is 14.7. The summed E-state index contributed by atoms with van der Waals surface area (Å²) < 4.78 is 1.85. The zero-order valence-electron chi connectivity index (χ0n) is 17.2. The molecule has 0 fully saturated rings. The van der Waals surface area contributed by atoms with Crippen molar-refractivity contribution in [3.05, 3.63) is 72.9 Å². The maximum Gasteiger partial charge on any atom is 0.162 e. The van der Waals surface area contributed by atoms with E-state index in [1.54, 1.807) is 18.2 Å². The van der Waals surface area contributed by atoms with Crippen molar-refractivity contribution in [2.45, 2.75) is 13.8 Å². The van der Waals surface area contributed by atoms with Gasteiger partial charge in [0.25, 0.3) is 0 Å². The standard InChI is InChI=1S/C22H17N5O.C2H6/c1-27-20-10-9-16(11-15(20)13-23-27)24-22-18-7-2-3-8-19(18)25-21(26-22)14-5-4-6-17(28)12-14;1-2/h2-13,28H,1H3,(H,24,25,26);1-2H3. The van der Waals surface area contributed by atoms with Crippen molar-refractivity contribution >= 4 is 33.3 Å². The van der Waals surface area contributed by atoms with Crippen LogP contribution in [0, 0.1) is 0 Å². The molecule has 0 amide bonds. The number of nitrogens with zero attached hydrogens (tertiary/aromatic N) is 4. The largest absolute Gasteiger partial charge is 0.508 e. The van der Waals surface area contributed by atoms with Crippen molar-refractivity contribution in [2.24, 2.45) is 7.05 Å². The maximum absolute atomic E-state index is 9.82. The number of hydrogen-bond donors (Lipinski definition) is 2. The van der Waals surface area contributed by atoms with Crippen LogP contribution in [0.3, 0.4) is 0 Å². The number of rotatable bonds is 3. The second kappa shape index (κ2) is 8.21. The molecule has 5 rings (SSSR count). The number of aromatic nitrogens is 4. The molecule has 0 saturated heterocycles. The summed E-state index contributed by atoms with van der Waals surface area (Å²) in [5.41, 5.74) is 3.59. The summed E-state index contributed by atoms with van der Waals surface area (Å²) in [4.78, 5) is 9.41. The van der Waals surface area contributed by atoms with Gasteiger partial charge in [-0.05, 0) is 42.5 Å². The molecule has 0 saturated carbocycles. The third kappa shape index (κ3) is 3.67. The zero-order valence-corrected chi connectivity index (χ0v) is 17.2. The Labute approximate surface area is 174 Å². The molecule has 2 heterocycles. The van der Waals surface area contributed by atoms with Crippen LogP contribution in [-0.2, 0) is 7.05 Å². The first-order valence-electron chi connectivity index (χ1n) is 9.92. The molecular formula is C24H23N5O. The third-order valence-corrected chi connectivity index (χ3v) is 4.72. The monoisotopic (exact) mass is 397 g/mol. The lowest BCUT2D eigenvalue weighted by Crippen LogP contribution is -1.99. The lowest BCUT2D eigenvalue weighted by atomic mass is 10.1. The predicted octanol–water partition coefficient (Wildman–Crippen LogP) is 5.66. The number of hydrogen-bond acceptors (Lipinski definition) is 5. The quantitative estimate of drug-likeness (QED) is 0.411. The summed E-state index contributed by atoms with van der Waals surface area (Å²) in [7, 11) is 1.93. The van der Waals surface area contributed by atoms with E-state index >= 15 is 0 Å². The van der Waals surface area contributed by atoms with E-state index in [2.05, 4.69) is 15.4 Å². The van der Waals surface area contributed by atoms with Gasteiger partial charge in [0, 0.05) is 29.1 Å². The fraction of sp³-hybridized carbons (Fsp3) is 0.125. The normalized spacial score (nSPS) is 10.6. The third-order valence-electron chi connectivity index (χ3n) is 4.72. The van der Waals surface area contributed by atoms with Gasteiger partial charge in [-0.1, -0.05) is 38.1 Å². The average molecular weight is 397 g/mol. The van der Waals surface area contributed by atoms with Crippen molar-refractivity contribution < 1.29 is 5.11 Å². The Morgan fingerprint density at radius 1 is 0.900 bits per heavy atom. The van der Waals surface area contributed by atoms with Crippen molar-refractivity contribution in [3.8, 4) is 17.1 Å². The Morgan fingerprint density at radius 3 is 2.57 bits per heavy atom. The molecule has 2 N–H and O–H groups in total. The van der Waals surface area contributed by atoms with E-state index in [4.69, 9.17) is 4.98 Å². The molecule has 0 atom stereocenters. The fourth-order valence-electron chi connectivity index (χ4n) is 3.32. The Bertz CT molecular complexity index is 1330. The lowest BCUT2D eigenvalue weighted by Gasteiger charge is -2.11. The Balaban J connectivity index is 0.00000106. The van der Waals surface area contributed by atoms with Gasteiger partial charge in [-0.25, -0.2) is 9.97 Å². The summed E-state index contributed by atoms with van der Waals surface area (Å²) in [5.74, 6) is 1.46. The molecule has 150 valence electrons. The molecular weight excluding hydrogens is 374 g/mol. The molecule has 3 aromatic carbocycles. The van der Waals surface area contributed by atoms with E-state index in [0.717, 1.165) is 33.1 Å². The summed E-state index contributed by atoms with van der Waals surface area (Å²) in [6.45, 7) is 4.00. The van der Waals surface area contributed by atoms with Gasteiger partial charge in [0.05, 0.1) is 17.2 Å². The van der Waals surface area contributed by atoms with Crippen molar-refractivity contribution in [1.82, 2.24) is 19.7 Å². The van der Waals surface area contributed by atoms with Crippen molar-refractivity contribution in [2.75, 3.05) is 5.32 Å². The number of nitrogens with one attached hydrogen (secondary N) is 1. The minimum atomic E-state index is 0.186. The van der Waals surface area contributed by atoms with Crippen LogP contribution in [0.15, 0.2) is 72.9 Å². The highest BCUT2D eigenvalue weighted by atomic mass is 16.3. The molecule has 5 aromatic rings. The SMILES string of the molecule is CC.Cn1ncc2cc(Nc3nc(-c4cccc(O)c4)nc4ccccc34)ccc21. The Hall–Kier alpha value is -3.93. The molecule has 0 unspecified atom stereocenters. The number of phenols is 1. The van der Waals surface area contributed by atoms with Gasteiger partial charge in [-0.2, -0.15) is 5.10 Å². The van der Waals surface area contributed by atoms with E-state index in [9.17, 15) is 5.11 Å². The Kier molecular flexibility index (Phi) is 5.30. The van der Waals surface area contributed by atoms with Gasteiger partial charge in [0.2, 0.25) is 0 Å². The second-order valence-corrected chi connectivity index (χ2v) is 6.63. The van der Waals surface area contributed by atoms with Crippen LogP contribution in [-0.4, -0.2) is 24.9 Å². The van der Waals surface area contributed by atoms with E-state index in [1.165, 1.54) is 0 Å². The molecule has 2 aromatic heterocycles. The zero-order chi connectivity index (χ0) is 21.1. The van der Waals surface area contributed by atoms with E-state index in [-0.39, 0.29) is 5.75 Å². The number of para-hydroxylation sites is 1. The van der Waals surface area contributed by atoms with Crippen molar-refractivity contribution in [3.63, 3.8) is 0 Å². The van der Waals surface area contributed by atoms with Crippen LogP contribution < -0.4 is 5.32 Å². The summed E-state index contributed by atoms with van der Waals surface area (Å²) in [6.07, 6.45) is 1.84. The van der Waals surface area contributed by atoms with Crippen molar-refractivity contribution in [1.29, 1.82) is 0 Å². The number of fused-ring (bicyclic) bond motifs is 2. The molecule has 6 heteroatoms. The number of phenolic OH excluding ortho intramolecular Hbond substituents is 1. The first-order valence-corrected chi connectivity index (χ1v) is 9.92. The minimum absolute atomic E-state index is 0.186. The average Bonchev–Trinajstić information content (AvgIpc) is 3.15. The van der Waals surface area contributed by atoms with Crippen LogP contribution in [0.25, 0.3) is 33.2 Å². The molecule has 30 heavy (non-hydrogen) atoms. The highest BCUT2D eigenvalue weighted by Crippen LogP contribution is 2.29. The van der Waals surface area contributed by atoms with Crippen LogP contribution in [0.4, 0.5) is 11.5 Å². The topological polar surface area (TPSA) is 75.9 Å². The highest BCUT2D eigenvalue weighted by molar-refractivity contribution is 5.93. The number of aromatic hydroxyl groups is 1.